The fourth-order valence-corrected chi connectivity index (χ4v) is 3.83. The summed E-state index contributed by atoms with van der Waals surface area (Å²) in [6.45, 7) is -0.597. The lowest BCUT2D eigenvalue weighted by Crippen LogP contribution is -2.32. The van der Waals surface area contributed by atoms with Gasteiger partial charge in [0.1, 0.15) is 24.6 Å². The number of methoxy groups -OCH3 is 1. The standard InChI is InChI=1S/C26H28F3N3O5/c1-34-25(33)22(37-16-26(27,28)29)15-17-3-8-20(9-4-17)36-14-13-32-12-11-19-7-10-21(30-24(19)32)23(31-35-2)18-5-6-18/h3-4,7-12,22,31H,5-6,13-16H2,1-2H3. The number of pyridine rings is 1. The molecule has 1 fully saturated rings. The molecule has 0 amide bonds. The normalized spacial score (nSPS) is 13.9. The minimum atomic E-state index is -4.54. The number of ether oxygens (including phenoxy) is 3. The van der Waals surface area contributed by atoms with Crippen LogP contribution in [0.5, 0.6) is 5.75 Å². The molecule has 1 N–H and O–H groups in total. The number of hydroxylamine groups is 1. The lowest BCUT2D eigenvalue weighted by atomic mass is 10.1. The number of rotatable bonds is 12. The lowest BCUT2D eigenvalue weighted by molar-refractivity contribution is -0.193. The topological polar surface area (TPSA) is 83.8 Å². The van der Waals surface area contributed by atoms with Crippen LogP contribution < -0.4 is 10.2 Å². The number of fused-ring (bicyclic) bond motifs is 1. The quantitative estimate of drug-likeness (QED) is 0.280. The molecule has 1 unspecified atom stereocenters. The number of esters is 1. The first kappa shape index (κ1) is 26.5. The number of aromatic nitrogens is 2. The number of carbonyl (C=O) groups is 1. The Labute approximate surface area is 211 Å². The molecule has 0 radical (unpaired) electrons. The summed E-state index contributed by atoms with van der Waals surface area (Å²) in [6.07, 6.45) is -1.93. The predicted octanol–water partition coefficient (Wildman–Crippen LogP) is 4.43. The van der Waals surface area contributed by atoms with Gasteiger partial charge in [-0.3, -0.25) is 10.3 Å². The van der Waals surface area contributed by atoms with E-state index in [1.165, 1.54) is 5.57 Å². The van der Waals surface area contributed by atoms with Crippen LogP contribution in [-0.4, -0.2) is 55.2 Å². The summed E-state index contributed by atoms with van der Waals surface area (Å²) in [7, 11) is 2.68. The van der Waals surface area contributed by atoms with Crippen molar-refractivity contribution in [1.29, 1.82) is 0 Å². The van der Waals surface area contributed by atoms with E-state index in [1.807, 2.05) is 29.0 Å². The Morgan fingerprint density at radius 3 is 2.51 bits per heavy atom. The Morgan fingerprint density at radius 2 is 1.86 bits per heavy atom. The Kier molecular flexibility index (Phi) is 8.34. The highest BCUT2D eigenvalue weighted by atomic mass is 19.4. The summed E-state index contributed by atoms with van der Waals surface area (Å²) in [5.41, 5.74) is 7.40. The van der Waals surface area contributed by atoms with Crippen molar-refractivity contribution < 1.29 is 37.0 Å². The molecule has 1 aliphatic carbocycles. The van der Waals surface area contributed by atoms with E-state index in [0.29, 0.717) is 24.5 Å². The van der Waals surface area contributed by atoms with Gasteiger partial charge in [0.2, 0.25) is 0 Å². The number of hydrogen-bond donors (Lipinski definition) is 1. The lowest BCUT2D eigenvalue weighted by Gasteiger charge is -2.17. The van der Waals surface area contributed by atoms with Crippen LogP contribution in [0, 0.1) is 0 Å². The van der Waals surface area contributed by atoms with Crippen LogP contribution in [0.25, 0.3) is 16.7 Å². The average Bonchev–Trinajstić information content (AvgIpc) is 3.65. The van der Waals surface area contributed by atoms with Gasteiger partial charge in [0, 0.05) is 18.0 Å². The molecule has 37 heavy (non-hydrogen) atoms. The van der Waals surface area contributed by atoms with Gasteiger partial charge in [-0.1, -0.05) is 12.1 Å². The highest BCUT2D eigenvalue weighted by molar-refractivity contribution is 5.79. The van der Waals surface area contributed by atoms with Crippen LogP contribution in [0.4, 0.5) is 13.2 Å². The number of halogens is 3. The average molecular weight is 520 g/mol. The maximum Gasteiger partial charge on any atom is 0.411 e. The van der Waals surface area contributed by atoms with Crippen molar-refractivity contribution in [2.45, 2.75) is 38.1 Å². The zero-order valence-corrected chi connectivity index (χ0v) is 20.5. The summed E-state index contributed by atoms with van der Waals surface area (Å²) < 4.78 is 54.6. The van der Waals surface area contributed by atoms with Gasteiger partial charge in [-0.2, -0.15) is 13.2 Å². The summed E-state index contributed by atoms with van der Waals surface area (Å²) in [5.74, 6) is -0.275. The first-order valence-corrected chi connectivity index (χ1v) is 11.7. The van der Waals surface area contributed by atoms with Crippen molar-refractivity contribution in [2.75, 3.05) is 27.4 Å². The van der Waals surface area contributed by atoms with Gasteiger partial charge >= 0.3 is 12.1 Å². The molecule has 4 rings (SSSR count). The van der Waals surface area contributed by atoms with Gasteiger partial charge in [-0.25, -0.2) is 9.78 Å². The zero-order valence-electron chi connectivity index (χ0n) is 20.5. The molecule has 0 bridgehead atoms. The molecule has 8 nitrogen and oxygen atoms in total. The minimum Gasteiger partial charge on any atom is -0.492 e. The predicted molar refractivity (Wildman–Crippen MR) is 129 cm³/mol. The number of benzene rings is 1. The number of nitrogens with one attached hydrogen (secondary N) is 1. The molecule has 1 aromatic carbocycles. The van der Waals surface area contributed by atoms with Crippen molar-refractivity contribution in [3.8, 4) is 5.75 Å². The van der Waals surface area contributed by atoms with E-state index in [4.69, 9.17) is 19.3 Å². The molecule has 0 saturated heterocycles. The summed E-state index contributed by atoms with van der Waals surface area (Å²) >= 11 is 0. The molecule has 0 aliphatic heterocycles. The van der Waals surface area contributed by atoms with Gasteiger partial charge in [-0.05, 0) is 54.3 Å². The number of carbonyl (C=O) groups excluding carboxylic acids is 1. The summed E-state index contributed by atoms with van der Waals surface area (Å²) in [5, 5.41) is 1.01. The Bertz CT molecular complexity index is 1250. The first-order chi connectivity index (χ1) is 17.8. The Hall–Kier alpha value is -3.57. The molecule has 1 aliphatic rings. The fraction of sp³-hybridized carbons (Fsp3) is 0.385. The van der Waals surface area contributed by atoms with Gasteiger partial charge in [-0.15, -0.1) is 0 Å². The number of nitrogens with zero attached hydrogens (tertiary/aromatic N) is 2. The number of alkyl halides is 3. The maximum atomic E-state index is 12.5. The molecule has 198 valence electrons. The van der Waals surface area contributed by atoms with Crippen LogP contribution in [-0.2, 0) is 32.1 Å². The minimum absolute atomic E-state index is 0.0531. The highest BCUT2D eigenvalue weighted by Gasteiger charge is 2.32. The van der Waals surface area contributed by atoms with Gasteiger partial charge in [0.25, 0.3) is 0 Å². The third-order valence-electron chi connectivity index (χ3n) is 5.78. The van der Waals surface area contributed by atoms with E-state index < -0.39 is 24.9 Å². The van der Waals surface area contributed by atoms with Crippen molar-refractivity contribution in [3.63, 3.8) is 0 Å². The van der Waals surface area contributed by atoms with Gasteiger partial charge in [0.05, 0.1) is 32.2 Å². The van der Waals surface area contributed by atoms with Crippen LogP contribution >= 0.6 is 0 Å². The van der Waals surface area contributed by atoms with Crippen LogP contribution in [0.2, 0.25) is 0 Å². The van der Waals surface area contributed by atoms with Crippen LogP contribution in [0.3, 0.4) is 0 Å². The molecule has 11 heteroatoms. The van der Waals surface area contributed by atoms with Gasteiger partial charge in [0.15, 0.2) is 6.10 Å². The molecule has 2 heterocycles. The Morgan fingerprint density at radius 1 is 1.11 bits per heavy atom. The van der Waals surface area contributed by atoms with E-state index >= 15 is 0 Å². The van der Waals surface area contributed by atoms with E-state index in [9.17, 15) is 18.0 Å². The second-order valence-corrected chi connectivity index (χ2v) is 8.54. The summed E-state index contributed by atoms with van der Waals surface area (Å²) in [4.78, 5) is 21.8. The van der Waals surface area contributed by atoms with E-state index in [0.717, 1.165) is 42.4 Å². The second-order valence-electron chi connectivity index (χ2n) is 8.54. The number of hydrogen-bond acceptors (Lipinski definition) is 7. The van der Waals surface area contributed by atoms with Crippen molar-refractivity contribution in [2.24, 2.45) is 0 Å². The summed E-state index contributed by atoms with van der Waals surface area (Å²) in [6, 6.07) is 12.7. The largest absolute Gasteiger partial charge is 0.492 e. The van der Waals surface area contributed by atoms with E-state index in [-0.39, 0.29) is 6.42 Å². The van der Waals surface area contributed by atoms with Crippen LogP contribution in [0.15, 0.2) is 54.2 Å². The Balaban J connectivity index is 1.35. The molecule has 1 atom stereocenters. The molecule has 2 aromatic heterocycles. The fourth-order valence-electron chi connectivity index (χ4n) is 3.83. The third kappa shape index (κ3) is 7.23. The molecule has 3 aromatic rings. The second kappa shape index (κ2) is 11.7. The SMILES string of the molecule is CONC(=C1CC1)c1ccc2ccn(CCOc3ccc(CC(OCC(F)(F)F)C(=O)OC)cc3)c2n1. The van der Waals surface area contributed by atoms with Crippen molar-refractivity contribution >= 4 is 22.7 Å². The monoisotopic (exact) mass is 519 g/mol. The molecule has 1 saturated carbocycles. The van der Waals surface area contributed by atoms with Gasteiger partial charge < -0.3 is 18.8 Å². The third-order valence-corrected chi connectivity index (χ3v) is 5.78. The number of allylic oxidation sites excluding steroid dienone is 1. The smallest absolute Gasteiger partial charge is 0.411 e. The van der Waals surface area contributed by atoms with E-state index in [1.54, 1.807) is 31.4 Å². The van der Waals surface area contributed by atoms with Crippen molar-refractivity contribution in [3.05, 3.63) is 65.5 Å². The highest BCUT2D eigenvalue weighted by Crippen LogP contribution is 2.34. The molecule has 0 spiro atoms. The maximum absolute atomic E-state index is 12.5. The van der Waals surface area contributed by atoms with Crippen LogP contribution in [0.1, 0.15) is 24.1 Å². The van der Waals surface area contributed by atoms with E-state index in [2.05, 4.69) is 10.2 Å². The zero-order chi connectivity index (χ0) is 26.4. The first-order valence-electron chi connectivity index (χ1n) is 11.7. The molecular formula is C26H28F3N3O5. The van der Waals surface area contributed by atoms with Crippen molar-refractivity contribution in [1.82, 2.24) is 15.0 Å². The molecular weight excluding hydrogens is 491 g/mol.